The summed E-state index contributed by atoms with van der Waals surface area (Å²) < 4.78 is 3.41. The number of aliphatic hydroxyl groups is 2. The molecule has 0 saturated carbocycles. The molecule has 0 radical (unpaired) electrons. The van der Waals surface area contributed by atoms with E-state index < -0.39 is 0 Å². The molecule has 5 heterocycles. The molecule has 0 atom stereocenters. The van der Waals surface area contributed by atoms with Crippen LogP contribution in [0.4, 0.5) is 5.69 Å². The number of hydrogen-bond acceptors (Lipinski definition) is 8. The number of aryl methyl sites for hydroxylation is 3. The molecule has 0 bridgehead atoms. The highest BCUT2D eigenvalue weighted by atomic mass is 16.3. The fourth-order valence-corrected chi connectivity index (χ4v) is 5.29. The molecular formula is C26H33N7O3. The molecule has 1 fully saturated rings. The maximum atomic E-state index is 13.2. The van der Waals surface area contributed by atoms with Crippen LogP contribution in [-0.4, -0.2) is 84.5 Å². The van der Waals surface area contributed by atoms with Gasteiger partial charge in [-0.25, -0.2) is 9.50 Å². The summed E-state index contributed by atoms with van der Waals surface area (Å²) >= 11 is 0. The summed E-state index contributed by atoms with van der Waals surface area (Å²) in [5.74, 6) is 0. The van der Waals surface area contributed by atoms with Crippen molar-refractivity contribution in [3.63, 3.8) is 0 Å². The van der Waals surface area contributed by atoms with Crippen LogP contribution in [0, 0.1) is 20.8 Å². The summed E-state index contributed by atoms with van der Waals surface area (Å²) in [6.07, 6.45) is 5.62. The molecule has 4 aromatic heterocycles. The van der Waals surface area contributed by atoms with E-state index in [9.17, 15) is 15.0 Å². The van der Waals surface area contributed by atoms with Crippen LogP contribution in [0.25, 0.3) is 22.6 Å². The smallest absolute Gasteiger partial charge is 0.258 e. The Morgan fingerprint density at radius 2 is 1.69 bits per heavy atom. The molecule has 0 aliphatic carbocycles. The molecule has 4 aromatic rings. The topological polar surface area (TPSA) is 112 Å². The van der Waals surface area contributed by atoms with Gasteiger partial charge in [0.15, 0.2) is 0 Å². The van der Waals surface area contributed by atoms with Crippen LogP contribution in [0.2, 0.25) is 0 Å². The van der Waals surface area contributed by atoms with E-state index in [4.69, 9.17) is 4.98 Å². The summed E-state index contributed by atoms with van der Waals surface area (Å²) in [6.45, 7) is 8.87. The second-order valence-electron chi connectivity index (χ2n) is 9.58. The van der Waals surface area contributed by atoms with Crippen LogP contribution in [0.15, 0.2) is 35.4 Å². The first-order chi connectivity index (χ1) is 17.4. The van der Waals surface area contributed by atoms with Crippen molar-refractivity contribution < 1.29 is 10.2 Å². The largest absolute Gasteiger partial charge is 0.395 e. The van der Waals surface area contributed by atoms with E-state index in [1.165, 1.54) is 0 Å². The van der Waals surface area contributed by atoms with Crippen LogP contribution >= 0.6 is 0 Å². The summed E-state index contributed by atoms with van der Waals surface area (Å²) in [5, 5.41) is 23.3. The molecule has 5 rings (SSSR count). The van der Waals surface area contributed by atoms with Gasteiger partial charge in [0.25, 0.3) is 5.56 Å². The Balaban J connectivity index is 1.43. The summed E-state index contributed by atoms with van der Waals surface area (Å²) in [4.78, 5) is 27.0. The zero-order chi connectivity index (χ0) is 25.4. The molecule has 190 valence electrons. The lowest BCUT2D eigenvalue weighted by Crippen LogP contribution is -2.47. The van der Waals surface area contributed by atoms with Crippen molar-refractivity contribution in [3.8, 4) is 11.4 Å². The molecular weight excluding hydrogens is 458 g/mol. The van der Waals surface area contributed by atoms with E-state index in [0.717, 1.165) is 54.1 Å². The van der Waals surface area contributed by atoms with E-state index in [0.29, 0.717) is 36.2 Å². The standard InChI is InChI=1S/C26H33N7O3/c1-17-12-21(30-6-4-20(5-7-30)31(8-10-34)9-11-35)16-32-25(36)14-22(28-26(17)32)23-13-24-19(3)27-18(2)15-33(24)29-23/h12-16,20,34-35H,4-11H2,1-3H3. The Labute approximate surface area is 209 Å². The molecule has 10 nitrogen and oxygen atoms in total. The Hall–Kier alpha value is -3.34. The predicted molar refractivity (Wildman–Crippen MR) is 139 cm³/mol. The minimum Gasteiger partial charge on any atom is -0.395 e. The quantitative estimate of drug-likeness (QED) is 0.401. The van der Waals surface area contributed by atoms with Gasteiger partial charge in [0.2, 0.25) is 0 Å². The molecule has 0 amide bonds. The molecule has 1 aliphatic rings. The number of anilines is 1. The molecule has 0 unspecified atom stereocenters. The van der Waals surface area contributed by atoms with Gasteiger partial charge >= 0.3 is 0 Å². The third-order valence-corrected chi connectivity index (χ3v) is 7.07. The van der Waals surface area contributed by atoms with Gasteiger partial charge in [-0.3, -0.25) is 19.1 Å². The van der Waals surface area contributed by atoms with Crippen LogP contribution in [0.1, 0.15) is 29.8 Å². The average molecular weight is 492 g/mol. The molecule has 10 heteroatoms. The van der Waals surface area contributed by atoms with Crippen LogP contribution in [-0.2, 0) is 0 Å². The number of rotatable bonds is 7. The Kier molecular flexibility index (Phi) is 6.74. The number of fused-ring (bicyclic) bond motifs is 2. The SMILES string of the molecule is Cc1cn2nc(-c3cc(=O)n4cc(N5CCC(N(CCO)CCO)CC5)cc(C)c4n3)cc2c(C)n1. The minimum absolute atomic E-state index is 0.0904. The number of nitrogens with zero attached hydrogens (tertiary/aromatic N) is 7. The zero-order valence-corrected chi connectivity index (χ0v) is 21.1. The third-order valence-electron chi connectivity index (χ3n) is 7.07. The monoisotopic (exact) mass is 491 g/mol. The van der Waals surface area contributed by atoms with Crippen molar-refractivity contribution in [3.05, 3.63) is 57.9 Å². The molecule has 1 saturated heterocycles. The van der Waals surface area contributed by atoms with Gasteiger partial charge in [-0.15, -0.1) is 0 Å². The van der Waals surface area contributed by atoms with Crippen molar-refractivity contribution in [1.82, 2.24) is 28.9 Å². The van der Waals surface area contributed by atoms with E-state index in [1.807, 2.05) is 39.2 Å². The van der Waals surface area contributed by atoms with Crippen LogP contribution in [0.3, 0.4) is 0 Å². The molecule has 2 N–H and O–H groups in total. The predicted octanol–water partition coefficient (Wildman–Crippen LogP) is 1.58. The van der Waals surface area contributed by atoms with Gasteiger partial charge in [0.1, 0.15) is 11.3 Å². The average Bonchev–Trinajstić information content (AvgIpc) is 3.29. The highest BCUT2D eigenvalue weighted by Crippen LogP contribution is 2.26. The van der Waals surface area contributed by atoms with Crippen molar-refractivity contribution in [1.29, 1.82) is 0 Å². The number of pyridine rings is 1. The van der Waals surface area contributed by atoms with Gasteiger partial charge in [0.05, 0.1) is 47.7 Å². The molecule has 0 aromatic carbocycles. The first-order valence-corrected chi connectivity index (χ1v) is 12.5. The molecule has 1 aliphatic heterocycles. The normalized spacial score (nSPS) is 15.0. The minimum atomic E-state index is -0.144. The number of aromatic nitrogens is 5. The first kappa shape index (κ1) is 24.4. The van der Waals surface area contributed by atoms with Crippen molar-refractivity contribution in [2.24, 2.45) is 0 Å². The van der Waals surface area contributed by atoms with Gasteiger partial charge < -0.3 is 15.1 Å². The zero-order valence-electron chi connectivity index (χ0n) is 21.1. The van der Waals surface area contributed by atoms with Crippen LogP contribution < -0.4 is 10.5 Å². The maximum absolute atomic E-state index is 13.2. The Bertz CT molecular complexity index is 1450. The fraction of sp³-hybridized carbons (Fsp3) is 0.462. The lowest BCUT2D eigenvalue weighted by Gasteiger charge is -2.39. The van der Waals surface area contributed by atoms with Crippen molar-refractivity contribution in [2.45, 2.75) is 39.7 Å². The Morgan fingerprint density at radius 3 is 2.39 bits per heavy atom. The van der Waals surface area contributed by atoms with Gasteiger partial charge in [-0.1, -0.05) is 0 Å². The van der Waals surface area contributed by atoms with Crippen LogP contribution in [0.5, 0.6) is 0 Å². The third kappa shape index (κ3) is 4.59. The fourth-order valence-electron chi connectivity index (χ4n) is 5.29. The summed E-state index contributed by atoms with van der Waals surface area (Å²) in [7, 11) is 0. The van der Waals surface area contributed by atoms with E-state index in [1.54, 1.807) is 15.0 Å². The number of aliphatic hydroxyl groups excluding tert-OH is 2. The second kappa shape index (κ2) is 9.96. The van der Waals surface area contributed by atoms with Gasteiger partial charge in [0, 0.05) is 44.5 Å². The van der Waals surface area contributed by atoms with E-state index in [2.05, 4.69) is 25.9 Å². The van der Waals surface area contributed by atoms with Gasteiger partial charge in [-0.2, -0.15) is 5.10 Å². The van der Waals surface area contributed by atoms with E-state index >= 15 is 0 Å². The lowest BCUT2D eigenvalue weighted by atomic mass is 10.0. The highest BCUT2D eigenvalue weighted by molar-refractivity contribution is 5.67. The molecule has 36 heavy (non-hydrogen) atoms. The van der Waals surface area contributed by atoms with E-state index in [-0.39, 0.29) is 18.8 Å². The summed E-state index contributed by atoms with van der Waals surface area (Å²) in [6, 6.07) is 5.89. The number of hydrogen-bond donors (Lipinski definition) is 2. The second-order valence-corrected chi connectivity index (χ2v) is 9.58. The maximum Gasteiger partial charge on any atom is 0.258 e. The van der Waals surface area contributed by atoms with Crippen molar-refractivity contribution in [2.75, 3.05) is 44.3 Å². The van der Waals surface area contributed by atoms with Gasteiger partial charge in [-0.05, 0) is 51.3 Å². The lowest BCUT2D eigenvalue weighted by molar-refractivity contribution is 0.108. The molecule has 0 spiro atoms. The van der Waals surface area contributed by atoms with Crippen molar-refractivity contribution >= 4 is 16.9 Å². The Morgan fingerprint density at radius 1 is 0.972 bits per heavy atom. The highest BCUT2D eigenvalue weighted by Gasteiger charge is 2.25. The first-order valence-electron chi connectivity index (χ1n) is 12.5. The summed E-state index contributed by atoms with van der Waals surface area (Å²) in [5.41, 5.74) is 6.24. The number of piperidine rings is 1.